The zero-order valence-corrected chi connectivity index (χ0v) is 21.3. The maximum Gasteiger partial charge on any atom is 0.238 e. The molecule has 0 saturated carbocycles. The Morgan fingerprint density at radius 2 is 2.06 bits per heavy atom. The van der Waals surface area contributed by atoms with Crippen molar-refractivity contribution in [3.8, 4) is 11.6 Å². The van der Waals surface area contributed by atoms with Crippen LogP contribution >= 0.6 is 11.6 Å². The van der Waals surface area contributed by atoms with E-state index in [0.717, 1.165) is 24.3 Å². The largest absolute Gasteiger partial charge is 0.489 e. The fourth-order valence-electron chi connectivity index (χ4n) is 3.79. The molecule has 1 amide bonds. The van der Waals surface area contributed by atoms with Gasteiger partial charge in [0.1, 0.15) is 29.8 Å². The maximum absolute atomic E-state index is 12.6. The van der Waals surface area contributed by atoms with E-state index < -0.39 is 5.60 Å². The summed E-state index contributed by atoms with van der Waals surface area (Å²) in [5.74, 6) is 1.12. The van der Waals surface area contributed by atoms with Crippen molar-refractivity contribution in [3.63, 3.8) is 0 Å². The molecule has 0 aliphatic carbocycles. The number of rotatable bonds is 9. The molecule has 1 aliphatic heterocycles. The first-order valence-electron chi connectivity index (χ1n) is 11.8. The minimum Gasteiger partial charge on any atom is -0.489 e. The predicted octanol–water partition coefficient (Wildman–Crippen LogP) is 4.07. The third-order valence-electron chi connectivity index (χ3n) is 5.75. The SMILES string of the molecule is CC(C(=O)Nc1cccnc1)c1ccc(OC2CCN(c3ncnc(OCC(C)(C)O)c3Cl)C2)cc1. The Hall–Kier alpha value is -3.43. The Morgan fingerprint density at radius 1 is 1.28 bits per heavy atom. The van der Waals surface area contributed by atoms with Crippen LogP contribution in [-0.4, -0.2) is 57.4 Å². The van der Waals surface area contributed by atoms with Gasteiger partial charge in [-0.05, 0) is 50.6 Å². The van der Waals surface area contributed by atoms with Crippen LogP contribution in [0.3, 0.4) is 0 Å². The molecule has 2 aromatic heterocycles. The monoisotopic (exact) mass is 511 g/mol. The third-order valence-corrected chi connectivity index (χ3v) is 6.08. The molecule has 1 aliphatic rings. The van der Waals surface area contributed by atoms with Gasteiger partial charge in [0.15, 0.2) is 5.82 Å². The van der Waals surface area contributed by atoms with E-state index >= 15 is 0 Å². The number of benzene rings is 1. The molecule has 2 N–H and O–H groups in total. The number of aliphatic hydroxyl groups is 1. The molecule has 10 heteroatoms. The second kappa shape index (κ2) is 11.1. The summed E-state index contributed by atoms with van der Waals surface area (Å²) >= 11 is 6.50. The highest BCUT2D eigenvalue weighted by Gasteiger charge is 2.28. The van der Waals surface area contributed by atoms with Gasteiger partial charge in [0, 0.05) is 19.2 Å². The van der Waals surface area contributed by atoms with Gasteiger partial charge in [-0.15, -0.1) is 0 Å². The van der Waals surface area contributed by atoms with Crippen LogP contribution in [0.4, 0.5) is 11.5 Å². The van der Waals surface area contributed by atoms with Crippen molar-refractivity contribution >= 4 is 29.0 Å². The van der Waals surface area contributed by atoms with Crippen LogP contribution in [0, 0.1) is 0 Å². The summed E-state index contributed by atoms with van der Waals surface area (Å²) in [5.41, 5.74) is 0.556. The number of hydrogen-bond acceptors (Lipinski definition) is 8. The smallest absolute Gasteiger partial charge is 0.238 e. The number of pyridine rings is 1. The van der Waals surface area contributed by atoms with Crippen LogP contribution in [0.15, 0.2) is 55.1 Å². The van der Waals surface area contributed by atoms with Crippen molar-refractivity contribution < 1.29 is 19.4 Å². The molecule has 2 unspecified atom stereocenters. The van der Waals surface area contributed by atoms with E-state index in [4.69, 9.17) is 21.1 Å². The molecule has 1 aromatic carbocycles. The highest BCUT2D eigenvalue weighted by atomic mass is 35.5. The molecule has 4 rings (SSSR count). The number of nitrogens with zero attached hydrogens (tertiary/aromatic N) is 4. The number of anilines is 2. The highest BCUT2D eigenvalue weighted by molar-refractivity contribution is 6.34. The Morgan fingerprint density at radius 3 is 2.75 bits per heavy atom. The molecule has 2 atom stereocenters. The lowest BCUT2D eigenvalue weighted by atomic mass is 10.0. The van der Waals surface area contributed by atoms with E-state index in [1.807, 2.05) is 36.1 Å². The van der Waals surface area contributed by atoms with Gasteiger partial charge in [0.2, 0.25) is 11.8 Å². The summed E-state index contributed by atoms with van der Waals surface area (Å²) in [7, 11) is 0. The van der Waals surface area contributed by atoms with E-state index in [1.165, 1.54) is 6.33 Å². The molecule has 0 bridgehead atoms. The lowest BCUT2D eigenvalue weighted by molar-refractivity contribution is -0.117. The number of nitrogens with one attached hydrogen (secondary N) is 1. The van der Waals surface area contributed by atoms with Gasteiger partial charge in [-0.2, -0.15) is 0 Å². The number of amides is 1. The van der Waals surface area contributed by atoms with Crippen LogP contribution in [0.1, 0.15) is 38.7 Å². The minimum absolute atomic E-state index is 0.0473. The topological polar surface area (TPSA) is 110 Å². The van der Waals surface area contributed by atoms with Crippen LogP contribution in [-0.2, 0) is 4.79 Å². The van der Waals surface area contributed by atoms with Gasteiger partial charge in [-0.25, -0.2) is 9.97 Å². The van der Waals surface area contributed by atoms with Crippen molar-refractivity contribution in [2.24, 2.45) is 0 Å². The van der Waals surface area contributed by atoms with E-state index in [1.54, 1.807) is 38.4 Å². The fraction of sp³-hybridized carbons (Fsp3) is 0.385. The zero-order valence-electron chi connectivity index (χ0n) is 20.5. The number of halogens is 1. The van der Waals surface area contributed by atoms with Gasteiger partial charge in [-0.3, -0.25) is 9.78 Å². The van der Waals surface area contributed by atoms with Crippen molar-refractivity contribution in [1.82, 2.24) is 15.0 Å². The van der Waals surface area contributed by atoms with Gasteiger partial charge >= 0.3 is 0 Å². The Kier molecular flexibility index (Phi) is 7.91. The lowest BCUT2D eigenvalue weighted by Crippen LogP contribution is -2.29. The Balaban J connectivity index is 1.33. The summed E-state index contributed by atoms with van der Waals surface area (Å²) < 4.78 is 11.8. The maximum atomic E-state index is 12.6. The van der Waals surface area contributed by atoms with Crippen LogP contribution in [0.25, 0.3) is 0 Å². The van der Waals surface area contributed by atoms with Gasteiger partial charge < -0.3 is 24.8 Å². The number of carbonyl (C=O) groups is 1. The fourth-order valence-corrected chi connectivity index (χ4v) is 4.07. The lowest BCUT2D eigenvalue weighted by Gasteiger charge is -2.21. The second-order valence-electron chi connectivity index (χ2n) is 9.41. The molecule has 3 aromatic rings. The zero-order chi connectivity index (χ0) is 25.7. The summed E-state index contributed by atoms with van der Waals surface area (Å²) in [6.07, 6.45) is 5.43. The quantitative estimate of drug-likeness (QED) is 0.442. The summed E-state index contributed by atoms with van der Waals surface area (Å²) in [6.45, 7) is 6.55. The van der Waals surface area contributed by atoms with E-state index in [-0.39, 0.29) is 30.4 Å². The first-order valence-corrected chi connectivity index (χ1v) is 12.2. The average molecular weight is 512 g/mol. The molecular formula is C26H30ClN5O4. The molecule has 1 saturated heterocycles. The van der Waals surface area contributed by atoms with Crippen molar-refractivity contribution in [2.45, 2.75) is 44.8 Å². The predicted molar refractivity (Wildman–Crippen MR) is 138 cm³/mol. The molecule has 3 heterocycles. The van der Waals surface area contributed by atoms with Crippen molar-refractivity contribution in [1.29, 1.82) is 0 Å². The summed E-state index contributed by atoms with van der Waals surface area (Å²) in [6, 6.07) is 11.2. The van der Waals surface area contributed by atoms with Crippen LogP contribution in [0.2, 0.25) is 5.02 Å². The van der Waals surface area contributed by atoms with Gasteiger partial charge in [0.05, 0.1) is 29.9 Å². The molecular weight excluding hydrogens is 482 g/mol. The van der Waals surface area contributed by atoms with E-state index in [2.05, 4.69) is 20.3 Å². The molecule has 1 fully saturated rings. The summed E-state index contributed by atoms with van der Waals surface area (Å²) in [4.78, 5) is 27.0. The van der Waals surface area contributed by atoms with E-state index in [9.17, 15) is 9.90 Å². The van der Waals surface area contributed by atoms with Crippen molar-refractivity contribution in [3.05, 3.63) is 65.7 Å². The average Bonchev–Trinajstić information content (AvgIpc) is 3.31. The number of carbonyl (C=O) groups excluding carboxylic acids is 1. The van der Waals surface area contributed by atoms with Crippen molar-refractivity contribution in [2.75, 3.05) is 29.9 Å². The number of ether oxygens (including phenoxy) is 2. The molecule has 36 heavy (non-hydrogen) atoms. The highest BCUT2D eigenvalue weighted by Crippen LogP contribution is 2.33. The van der Waals surface area contributed by atoms with E-state index in [0.29, 0.717) is 23.1 Å². The second-order valence-corrected chi connectivity index (χ2v) is 9.79. The first-order chi connectivity index (χ1) is 17.2. The van der Waals surface area contributed by atoms with Crippen LogP contribution in [0.5, 0.6) is 11.6 Å². The normalized spacial score (nSPS) is 16.5. The number of hydrogen-bond donors (Lipinski definition) is 2. The van der Waals surface area contributed by atoms with Crippen LogP contribution < -0.4 is 19.7 Å². The Labute approximate surface area is 215 Å². The molecule has 0 radical (unpaired) electrons. The standard InChI is InChI=1S/C26H30ClN5O4/c1-17(24(33)31-19-5-4-11-28-13-19)18-6-8-20(9-7-18)36-21-10-12-32(14-21)23-22(27)25(30-16-29-23)35-15-26(2,3)34/h4-9,11,13,16-17,21,34H,10,12,14-15H2,1-3H3,(H,31,33). The third kappa shape index (κ3) is 6.61. The van der Waals surface area contributed by atoms with Gasteiger partial charge in [-0.1, -0.05) is 23.7 Å². The minimum atomic E-state index is -1.00. The summed E-state index contributed by atoms with van der Waals surface area (Å²) in [5, 5.41) is 13.1. The Bertz CT molecular complexity index is 1170. The molecule has 0 spiro atoms. The molecule has 9 nitrogen and oxygen atoms in total. The number of aromatic nitrogens is 3. The van der Waals surface area contributed by atoms with Gasteiger partial charge in [0.25, 0.3) is 0 Å². The first kappa shape index (κ1) is 25.7. The molecule has 190 valence electrons.